The van der Waals surface area contributed by atoms with Gasteiger partial charge in [0, 0.05) is 33.3 Å². The van der Waals surface area contributed by atoms with Crippen LogP contribution in [0.4, 0.5) is 0 Å². The monoisotopic (exact) mass is 229 g/mol. The molecule has 0 spiro atoms. The van der Waals surface area contributed by atoms with Crippen molar-refractivity contribution >= 4 is 10.8 Å². The van der Waals surface area contributed by atoms with Crippen LogP contribution in [0.2, 0.25) is 0 Å². The van der Waals surface area contributed by atoms with Crippen LogP contribution in [0.5, 0.6) is 0 Å². The molecule has 1 aliphatic rings. The van der Waals surface area contributed by atoms with Gasteiger partial charge in [0.15, 0.2) is 0 Å². The molecule has 86 valence electrons. The van der Waals surface area contributed by atoms with Gasteiger partial charge < -0.3 is 0 Å². The van der Waals surface area contributed by atoms with E-state index in [0.29, 0.717) is 17.5 Å². The number of nitrogens with zero attached hydrogens (tertiary/aromatic N) is 3. The Hall–Kier alpha value is -0.540. The molecule has 0 amide bonds. The fourth-order valence-corrected chi connectivity index (χ4v) is 3.83. The van der Waals surface area contributed by atoms with Gasteiger partial charge in [0.05, 0.1) is 0 Å². The molecule has 0 N–H and O–H groups in total. The molecule has 0 radical (unpaired) electrons. The summed E-state index contributed by atoms with van der Waals surface area (Å²) in [7, 11) is -0.714. The van der Waals surface area contributed by atoms with Crippen molar-refractivity contribution in [3.05, 3.63) is 10.4 Å². The molecule has 1 fully saturated rings. The Kier molecular flexibility index (Phi) is 5.73. The average molecular weight is 229 g/mol. The zero-order chi connectivity index (χ0) is 11.1. The summed E-state index contributed by atoms with van der Waals surface area (Å²) in [5.41, 5.74) is 8.10. The van der Waals surface area contributed by atoms with Gasteiger partial charge in [0.2, 0.25) is 0 Å². The van der Waals surface area contributed by atoms with Gasteiger partial charge in [-0.15, -0.1) is 0 Å². The molecule has 1 aliphatic carbocycles. The highest BCUT2D eigenvalue weighted by molar-refractivity contribution is 7.85. The van der Waals surface area contributed by atoms with E-state index in [1.807, 2.05) is 0 Å². The molecule has 0 aromatic carbocycles. The van der Waals surface area contributed by atoms with E-state index in [2.05, 4.69) is 16.9 Å². The lowest BCUT2D eigenvalue weighted by Crippen LogP contribution is -2.24. The summed E-state index contributed by atoms with van der Waals surface area (Å²) in [5, 5.41) is 3.84. The standard InChI is InChI=1S/C10H19N3OS/c1-9-4-2-5-10(8-9)15(14)7-3-6-12-13-11/h9-10H,2-8H2,1H3. The zero-order valence-corrected chi connectivity index (χ0v) is 10.1. The van der Waals surface area contributed by atoms with Crippen molar-refractivity contribution in [1.29, 1.82) is 0 Å². The summed E-state index contributed by atoms with van der Waals surface area (Å²) in [6.45, 7) is 2.72. The molecule has 3 atom stereocenters. The van der Waals surface area contributed by atoms with Crippen LogP contribution in [0.3, 0.4) is 0 Å². The van der Waals surface area contributed by atoms with Crippen LogP contribution in [0, 0.1) is 5.92 Å². The smallest absolute Gasteiger partial charge is 0.0350 e. The number of azide groups is 1. The first-order valence-electron chi connectivity index (χ1n) is 5.62. The third-order valence-electron chi connectivity index (χ3n) is 2.93. The maximum atomic E-state index is 11.9. The lowest BCUT2D eigenvalue weighted by Gasteiger charge is -2.25. The van der Waals surface area contributed by atoms with Crippen LogP contribution >= 0.6 is 0 Å². The van der Waals surface area contributed by atoms with Crippen LogP contribution in [-0.2, 0) is 10.8 Å². The lowest BCUT2D eigenvalue weighted by atomic mass is 9.91. The second-order valence-electron chi connectivity index (χ2n) is 4.29. The molecule has 1 saturated carbocycles. The van der Waals surface area contributed by atoms with Crippen molar-refractivity contribution in [2.24, 2.45) is 11.0 Å². The largest absolute Gasteiger partial charge is 0.259 e. The summed E-state index contributed by atoms with van der Waals surface area (Å²) in [5.74, 6) is 1.42. The van der Waals surface area contributed by atoms with Crippen molar-refractivity contribution in [3.8, 4) is 0 Å². The third kappa shape index (κ3) is 4.67. The molecular weight excluding hydrogens is 210 g/mol. The summed E-state index contributed by atoms with van der Waals surface area (Å²) in [4.78, 5) is 2.68. The highest BCUT2D eigenvalue weighted by Gasteiger charge is 2.23. The first-order valence-corrected chi connectivity index (χ1v) is 7.00. The fourth-order valence-electron chi connectivity index (χ4n) is 2.11. The molecule has 4 nitrogen and oxygen atoms in total. The predicted molar refractivity (Wildman–Crippen MR) is 63.1 cm³/mol. The molecule has 0 aromatic heterocycles. The summed E-state index contributed by atoms with van der Waals surface area (Å²) in [6.07, 6.45) is 5.47. The molecule has 5 heteroatoms. The van der Waals surface area contributed by atoms with Crippen molar-refractivity contribution in [2.75, 3.05) is 12.3 Å². The Bertz CT molecular complexity index is 263. The van der Waals surface area contributed by atoms with Crippen LogP contribution in [-0.4, -0.2) is 21.8 Å². The molecule has 0 heterocycles. The summed E-state index contributed by atoms with van der Waals surface area (Å²) in [6, 6.07) is 0. The van der Waals surface area contributed by atoms with Crippen molar-refractivity contribution in [2.45, 2.75) is 44.3 Å². The van der Waals surface area contributed by atoms with Gasteiger partial charge in [-0.05, 0) is 30.7 Å². The fraction of sp³-hybridized carbons (Fsp3) is 1.00. The van der Waals surface area contributed by atoms with E-state index >= 15 is 0 Å². The Labute approximate surface area is 93.5 Å². The number of hydrogen-bond acceptors (Lipinski definition) is 2. The second kappa shape index (κ2) is 6.85. The quantitative estimate of drug-likeness (QED) is 0.309. The number of hydrogen-bond donors (Lipinski definition) is 0. The SMILES string of the molecule is CC1CCCC(S(=O)CCCN=[N+]=[N-])C1. The van der Waals surface area contributed by atoms with Gasteiger partial charge in [-0.2, -0.15) is 0 Å². The Morgan fingerprint density at radius 2 is 2.33 bits per heavy atom. The van der Waals surface area contributed by atoms with Gasteiger partial charge in [0.25, 0.3) is 0 Å². The van der Waals surface area contributed by atoms with E-state index in [4.69, 9.17) is 5.53 Å². The highest BCUT2D eigenvalue weighted by atomic mass is 32.2. The predicted octanol–water partition coefficient (Wildman–Crippen LogP) is 3.01. The first kappa shape index (κ1) is 12.5. The lowest BCUT2D eigenvalue weighted by molar-refractivity contribution is 0.389. The Morgan fingerprint density at radius 3 is 3.00 bits per heavy atom. The number of rotatable bonds is 5. The molecular formula is C10H19N3OS. The molecule has 0 aromatic rings. The molecule has 0 aliphatic heterocycles. The van der Waals surface area contributed by atoms with Crippen LogP contribution in [0.15, 0.2) is 5.11 Å². The van der Waals surface area contributed by atoms with Gasteiger partial charge in [-0.1, -0.05) is 24.9 Å². The Morgan fingerprint density at radius 1 is 1.53 bits per heavy atom. The van der Waals surface area contributed by atoms with Crippen molar-refractivity contribution < 1.29 is 4.21 Å². The second-order valence-corrected chi connectivity index (χ2v) is 6.12. The summed E-state index contributed by atoms with van der Waals surface area (Å²) < 4.78 is 11.9. The minimum atomic E-state index is -0.714. The van der Waals surface area contributed by atoms with Gasteiger partial charge in [-0.25, -0.2) is 0 Å². The van der Waals surface area contributed by atoms with E-state index in [1.165, 1.54) is 12.8 Å². The minimum Gasteiger partial charge on any atom is -0.259 e. The van der Waals surface area contributed by atoms with E-state index in [1.54, 1.807) is 0 Å². The van der Waals surface area contributed by atoms with Crippen molar-refractivity contribution in [1.82, 2.24) is 0 Å². The molecule has 15 heavy (non-hydrogen) atoms. The summed E-state index contributed by atoms with van der Waals surface area (Å²) >= 11 is 0. The molecule has 1 rings (SSSR count). The van der Waals surface area contributed by atoms with Gasteiger partial charge in [-0.3, -0.25) is 4.21 Å². The van der Waals surface area contributed by atoms with Crippen LogP contribution < -0.4 is 0 Å². The van der Waals surface area contributed by atoms with Gasteiger partial charge in [0.1, 0.15) is 0 Å². The average Bonchev–Trinajstić information content (AvgIpc) is 2.24. The van der Waals surface area contributed by atoms with E-state index in [0.717, 1.165) is 25.2 Å². The minimum absolute atomic E-state index is 0.389. The molecule has 0 bridgehead atoms. The topological polar surface area (TPSA) is 65.8 Å². The molecule has 3 unspecified atom stereocenters. The van der Waals surface area contributed by atoms with E-state index in [9.17, 15) is 4.21 Å². The first-order chi connectivity index (χ1) is 7.24. The van der Waals surface area contributed by atoms with Crippen LogP contribution in [0.25, 0.3) is 10.4 Å². The zero-order valence-electron chi connectivity index (χ0n) is 9.26. The molecule has 0 saturated heterocycles. The van der Waals surface area contributed by atoms with Crippen molar-refractivity contribution in [3.63, 3.8) is 0 Å². The third-order valence-corrected chi connectivity index (χ3v) is 4.79. The van der Waals surface area contributed by atoms with E-state index < -0.39 is 10.8 Å². The highest BCUT2D eigenvalue weighted by Crippen LogP contribution is 2.27. The van der Waals surface area contributed by atoms with E-state index in [-0.39, 0.29) is 0 Å². The maximum absolute atomic E-state index is 11.9. The normalized spacial score (nSPS) is 28.1. The van der Waals surface area contributed by atoms with Gasteiger partial charge >= 0.3 is 0 Å². The Balaban J connectivity index is 2.23. The maximum Gasteiger partial charge on any atom is 0.0350 e. The van der Waals surface area contributed by atoms with Crippen LogP contribution in [0.1, 0.15) is 39.0 Å².